The van der Waals surface area contributed by atoms with Gasteiger partial charge in [-0.1, -0.05) is 6.07 Å². The highest BCUT2D eigenvalue weighted by Crippen LogP contribution is 2.48. The third kappa shape index (κ3) is 4.83. The van der Waals surface area contributed by atoms with E-state index >= 15 is 0 Å². The second kappa shape index (κ2) is 10.7. The van der Waals surface area contributed by atoms with E-state index in [1.807, 2.05) is 45.9 Å². The van der Waals surface area contributed by atoms with E-state index in [1.54, 1.807) is 32.3 Å². The van der Waals surface area contributed by atoms with Gasteiger partial charge in [-0.05, 0) is 69.0 Å². The van der Waals surface area contributed by atoms with Crippen molar-refractivity contribution < 1.29 is 28.8 Å². The molecule has 4 rings (SSSR count). The quantitative estimate of drug-likeness (QED) is 0.379. The monoisotopic (exact) mass is 509 g/mol. The Morgan fingerprint density at radius 1 is 1.05 bits per heavy atom. The van der Waals surface area contributed by atoms with Crippen molar-refractivity contribution in [3.05, 3.63) is 52.2 Å². The van der Waals surface area contributed by atoms with Crippen LogP contribution in [-0.4, -0.2) is 66.7 Å². The second-order valence-electron chi connectivity index (χ2n) is 9.47. The van der Waals surface area contributed by atoms with E-state index in [9.17, 15) is 9.90 Å². The molecule has 37 heavy (non-hydrogen) atoms. The minimum Gasteiger partial charge on any atom is -0.507 e. The lowest BCUT2D eigenvalue weighted by Crippen LogP contribution is -2.31. The summed E-state index contributed by atoms with van der Waals surface area (Å²) in [5.41, 5.74) is 4.82. The minimum atomic E-state index is -0.496. The topological polar surface area (TPSA) is 106 Å². The van der Waals surface area contributed by atoms with Crippen LogP contribution in [0.2, 0.25) is 0 Å². The second-order valence-corrected chi connectivity index (χ2v) is 9.47. The van der Waals surface area contributed by atoms with E-state index in [2.05, 4.69) is 10.2 Å². The van der Waals surface area contributed by atoms with Crippen LogP contribution in [0.25, 0.3) is 11.3 Å². The summed E-state index contributed by atoms with van der Waals surface area (Å²) in [4.78, 5) is 15.5. The molecule has 0 saturated carbocycles. The summed E-state index contributed by atoms with van der Waals surface area (Å²) in [6, 6.07) is 6.90. The lowest BCUT2D eigenvalue weighted by atomic mass is 9.92. The summed E-state index contributed by atoms with van der Waals surface area (Å²) in [7, 11) is 4.67. The van der Waals surface area contributed by atoms with Gasteiger partial charge in [0.1, 0.15) is 17.1 Å². The molecule has 1 aliphatic heterocycles. The summed E-state index contributed by atoms with van der Waals surface area (Å²) < 4.78 is 22.5. The molecule has 0 radical (unpaired) electrons. The van der Waals surface area contributed by atoms with Gasteiger partial charge in [-0.3, -0.25) is 9.89 Å². The van der Waals surface area contributed by atoms with Crippen LogP contribution < -0.4 is 14.2 Å². The van der Waals surface area contributed by atoms with Crippen molar-refractivity contribution in [2.75, 3.05) is 34.5 Å². The fourth-order valence-electron chi connectivity index (χ4n) is 5.03. The first-order valence-electron chi connectivity index (χ1n) is 12.3. The highest BCUT2D eigenvalue weighted by atomic mass is 16.5. The molecule has 9 heteroatoms. The van der Waals surface area contributed by atoms with Crippen molar-refractivity contribution in [2.24, 2.45) is 0 Å². The van der Waals surface area contributed by atoms with Crippen molar-refractivity contribution in [1.29, 1.82) is 0 Å². The number of methoxy groups -OCH3 is 3. The lowest BCUT2D eigenvalue weighted by molar-refractivity contribution is 0.0601. The third-order valence-electron chi connectivity index (χ3n) is 6.56. The van der Waals surface area contributed by atoms with Crippen LogP contribution in [-0.2, 0) is 4.74 Å². The number of nitrogens with zero attached hydrogens (tertiary/aromatic N) is 2. The maximum Gasteiger partial charge on any atom is 0.273 e. The van der Waals surface area contributed by atoms with Crippen molar-refractivity contribution >= 4 is 5.91 Å². The molecule has 2 N–H and O–H groups in total. The number of H-pyrrole nitrogens is 1. The molecule has 0 aliphatic carbocycles. The van der Waals surface area contributed by atoms with Crippen LogP contribution in [0, 0.1) is 13.8 Å². The number of nitrogens with one attached hydrogen (secondary N) is 1. The zero-order valence-electron chi connectivity index (χ0n) is 22.5. The Bertz CT molecular complexity index is 1250. The van der Waals surface area contributed by atoms with Gasteiger partial charge in [-0.15, -0.1) is 0 Å². The van der Waals surface area contributed by atoms with Crippen molar-refractivity contribution in [1.82, 2.24) is 15.1 Å². The van der Waals surface area contributed by atoms with Gasteiger partial charge in [0.05, 0.1) is 33.5 Å². The van der Waals surface area contributed by atoms with E-state index in [1.165, 1.54) is 0 Å². The van der Waals surface area contributed by atoms with Crippen molar-refractivity contribution in [3.63, 3.8) is 0 Å². The number of aromatic hydroxyl groups is 1. The van der Waals surface area contributed by atoms with E-state index in [-0.39, 0.29) is 17.8 Å². The fraction of sp³-hybridized carbons (Fsp3) is 0.429. The summed E-state index contributed by atoms with van der Waals surface area (Å²) in [5, 5.41) is 18.4. The van der Waals surface area contributed by atoms with Crippen LogP contribution in [0.15, 0.2) is 24.3 Å². The Morgan fingerprint density at radius 2 is 1.73 bits per heavy atom. The molecule has 9 nitrogen and oxygen atoms in total. The summed E-state index contributed by atoms with van der Waals surface area (Å²) in [6.07, 6.45) is 0.767. The molecule has 1 atom stereocenters. The lowest BCUT2D eigenvalue weighted by Gasteiger charge is -2.28. The van der Waals surface area contributed by atoms with Gasteiger partial charge in [0.2, 0.25) is 5.75 Å². The largest absolute Gasteiger partial charge is 0.507 e. The Balaban J connectivity index is 1.88. The summed E-state index contributed by atoms with van der Waals surface area (Å²) in [6.45, 7) is 8.82. The molecule has 2 heterocycles. The minimum absolute atomic E-state index is 0.108. The molecular weight excluding hydrogens is 474 g/mol. The average Bonchev–Trinajstić information content (AvgIpc) is 3.39. The van der Waals surface area contributed by atoms with E-state index in [4.69, 9.17) is 18.9 Å². The Labute approximate surface area is 217 Å². The molecule has 0 unspecified atom stereocenters. The Kier molecular flexibility index (Phi) is 7.63. The number of phenolic OH excluding ortho intramolecular Hbond substituents is 1. The van der Waals surface area contributed by atoms with Crippen molar-refractivity contribution in [2.45, 2.75) is 46.3 Å². The van der Waals surface area contributed by atoms with Gasteiger partial charge >= 0.3 is 0 Å². The zero-order valence-corrected chi connectivity index (χ0v) is 22.5. The van der Waals surface area contributed by atoms with Gasteiger partial charge in [0.15, 0.2) is 11.5 Å². The number of phenols is 1. The number of aromatic nitrogens is 2. The standard InChI is InChI=1S/C28H35N3O6/c1-15(2)37-10-8-9-31-26(18-13-20(34-5)27(36-7)21(14-18)35-6)23-24(29-30-25(23)28(31)33)22-17(4)11-16(3)12-19(22)32/h11-15,26,32H,8-10H2,1-7H3,(H,29,30)/t26-/m1/s1. The predicted octanol–water partition coefficient (Wildman–Crippen LogP) is 4.79. The number of hydrogen-bond acceptors (Lipinski definition) is 7. The van der Waals surface area contributed by atoms with Crippen LogP contribution >= 0.6 is 0 Å². The number of aromatic amines is 1. The number of amides is 1. The molecule has 3 aromatic rings. The van der Waals surface area contributed by atoms with E-state index in [0.717, 1.165) is 16.7 Å². The number of hydrogen-bond donors (Lipinski definition) is 2. The number of aryl methyl sites for hydroxylation is 2. The molecule has 1 aromatic heterocycles. The third-order valence-corrected chi connectivity index (χ3v) is 6.56. The van der Waals surface area contributed by atoms with Crippen LogP contribution in [0.5, 0.6) is 23.0 Å². The van der Waals surface area contributed by atoms with Crippen LogP contribution in [0.1, 0.15) is 59.1 Å². The van der Waals surface area contributed by atoms with E-state index < -0.39 is 6.04 Å². The molecule has 198 valence electrons. The molecule has 2 aromatic carbocycles. The average molecular weight is 510 g/mol. The Morgan fingerprint density at radius 3 is 2.30 bits per heavy atom. The number of carbonyl (C=O) groups excluding carboxylic acids is 1. The first-order valence-corrected chi connectivity index (χ1v) is 12.3. The predicted molar refractivity (Wildman–Crippen MR) is 140 cm³/mol. The smallest absolute Gasteiger partial charge is 0.273 e. The summed E-state index contributed by atoms with van der Waals surface area (Å²) in [5.74, 6) is 1.39. The number of fused-ring (bicyclic) bond motifs is 1. The number of rotatable bonds is 10. The molecule has 1 amide bonds. The van der Waals surface area contributed by atoms with Crippen molar-refractivity contribution in [3.8, 4) is 34.3 Å². The molecule has 0 saturated heterocycles. The van der Waals surface area contributed by atoms with E-state index in [0.29, 0.717) is 59.3 Å². The highest BCUT2D eigenvalue weighted by Gasteiger charge is 2.43. The highest BCUT2D eigenvalue weighted by molar-refractivity contribution is 6.00. The zero-order chi connectivity index (χ0) is 26.9. The summed E-state index contributed by atoms with van der Waals surface area (Å²) >= 11 is 0. The van der Waals surface area contributed by atoms with Gasteiger partial charge in [0.25, 0.3) is 5.91 Å². The Hall–Kier alpha value is -3.72. The van der Waals surface area contributed by atoms with Gasteiger partial charge in [-0.25, -0.2) is 0 Å². The normalized spacial score (nSPS) is 14.9. The van der Waals surface area contributed by atoms with Gasteiger partial charge in [-0.2, -0.15) is 5.10 Å². The molecular formula is C28H35N3O6. The molecule has 0 spiro atoms. The molecule has 1 aliphatic rings. The molecule has 0 fully saturated rings. The maximum atomic E-state index is 13.7. The number of benzene rings is 2. The molecule has 0 bridgehead atoms. The SMILES string of the molecule is COc1cc([C@@H]2c3c(-c4c(C)cc(C)cc4O)n[nH]c3C(=O)N2CCCOC(C)C)cc(OC)c1OC. The van der Waals surface area contributed by atoms with Crippen LogP contribution in [0.4, 0.5) is 0 Å². The van der Waals surface area contributed by atoms with Crippen LogP contribution in [0.3, 0.4) is 0 Å². The first kappa shape index (κ1) is 26.3. The van der Waals surface area contributed by atoms with Gasteiger partial charge < -0.3 is 29.0 Å². The number of ether oxygens (including phenoxy) is 4. The first-order chi connectivity index (χ1) is 17.7. The van der Waals surface area contributed by atoms with Gasteiger partial charge in [0, 0.05) is 24.3 Å². The maximum absolute atomic E-state index is 13.7. The fourth-order valence-corrected chi connectivity index (χ4v) is 5.03. The number of carbonyl (C=O) groups is 1.